The number of ether oxygens (including phenoxy) is 1. The largest absolute Gasteiger partial charge is 0.496 e. The maximum absolute atomic E-state index is 12.5. The first-order valence-electron chi connectivity index (χ1n) is 7.27. The van der Waals surface area contributed by atoms with Gasteiger partial charge in [-0.25, -0.2) is 9.97 Å². The lowest BCUT2D eigenvalue weighted by Crippen LogP contribution is -2.25. The molecule has 2 aromatic rings. The zero-order chi connectivity index (χ0) is 16.4. The average Bonchev–Trinajstić information content (AvgIpc) is 2.95. The van der Waals surface area contributed by atoms with Gasteiger partial charge in [0, 0.05) is 29.2 Å². The SMILES string of the molecule is COc1ccc(Br)cc1CCC(=O)N1Cc2cnc(N)nc2C1. The number of hydrogen-bond acceptors (Lipinski definition) is 5. The highest BCUT2D eigenvalue weighted by Gasteiger charge is 2.25. The molecule has 0 unspecified atom stereocenters. The van der Waals surface area contributed by atoms with Gasteiger partial charge in [-0.3, -0.25) is 4.79 Å². The van der Waals surface area contributed by atoms with Crippen LogP contribution in [-0.2, 0) is 24.3 Å². The molecule has 0 spiro atoms. The summed E-state index contributed by atoms with van der Waals surface area (Å²) in [4.78, 5) is 22.4. The topological polar surface area (TPSA) is 81.3 Å². The van der Waals surface area contributed by atoms with Crippen LogP contribution in [0, 0.1) is 0 Å². The van der Waals surface area contributed by atoms with Gasteiger partial charge in [0.2, 0.25) is 11.9 Å². The molecule has 3 rings (SSSR count). The van der Waals surface area contributed by atoms with Crippen LogP contribution in [0.4, 0.5) is 5.95 Å². The second-order valence-electron chi connectivity index (χ2n) is 5.41. The third-order valence-corrected chi connectivity index (χ3v) is 4.37. The third-order valence-electron chi connectivity index (χ3n) is 3.88. The van der Waals surface area contributed by atoms with Crippen LogP contribution in [0.25, 0.3) is 0 Å². The number of hydrogen-bond donors (Lipinski definition) is 1. The van der Waals surface area contributed by atoms with E-state index in [9.17, 15) is 4.79 Å². The van der Waals surface area contributed by atoms with Crippen molar-refractivity contribution in [1.82, 2.24) is 14.9 Å². The number of nitrogens with zero attached hydrogens (tertiary/aromatic N) is 3. The van der Waals surface area contributed by atoms with Gasteiger partial charge in [-0.15, -0.1) is 0 Å². The zero-order valence-corrected chi connectivity index (χ0v) is 14.3. The fourth-order valence-corrected chi connectivity index (χ4v) is 3.10. The third kappa shape index (κ3) is 3.44. The summed E-state index contributed by atoms with van der Waals surface area (Å²) in [6.45, 7) is 1.04. The number of aromatic nitrogens is 2. The van der Waals surface area contributed by atoms with Crippen LogP contribution in [-0.4, -0.2) is 27.9 Å². The molecule has 1 aromatic heterocycles. The summed E-state index contributed by atoms with van der Waals surface area (Å²) in [5.41, 5.74) is 8.40. The maximum atomic E-state index is 12.5. The fraction of sp³-hybridized carbons (Fsp3) is 0.312. The first kappa shape index (κ1) is 15.7. The van der Waals surface area contributed by atoms with Crippen LogP contribution in [0.1, 0.15) is 23.2 Å². The van der Waals surface area contributed by atoms with E-state index in [4.69, 9.17) is 10.5 Å². The molecular weight excluding hydrogens is 360 g/mol. The second-order valence-corrected chi connectivity index (χ2v) is 6.32. The molecule has 6 nitrogen and oxygen atoms in total. The predicted octanol–water partition coefficient (Wildman–Crippen LogP) is 2.30. The number of halogens is 1. The molecule has 0 fully saturated rings. The number of nitrogen functional groups attached to an aromatic ring is 1. The molecular formula is C16H17BrN4O2. The van der Waals surface area contributed by atoms with Gasteiger partial charge >= 0.3 is 0 Å². The summed E-state index contributed by atoms with van der Waals surface area (Å²) in [5.74, 6) is 1.13. The molecule has 2 N–H and O–H groups in total. The van der Waals surface area contributed by atoms with Gasteiger partial charge in [-0.2, -0.15) is 0 Å². The number of aryl methyl sites for hydroxylation is 1. The predicted molar refractivity (Wildman–Crippen MR) is 89.7 cm³/mol. The molecule has 0 bridgehead atoms. The van der Waals surface area contributed by atoms with Crippen molar-refractivity contribution >= 4 is 27.8 Å². The van der Waals surface area contributed by atoms with Crippen LogP contribution in [0.15, 0.2) is 28.9 Å². The van der Waals surface area contributed by atoms with Gasteiger partial charge in [-0.1, -0.05) is 15.9 Å². The lowest BCUT2D eigenvalue weighted by atomic mass is 10.1. The normalized spacial score (nSPS) is 13.0. The Morgan fingerprint density at radius 1 is 1.43 bits per heavy atom. The van der Waals surface area contributed by atoms with E-state index >= 15 is 0 Å². The van der Waals surface area contributed by atoms with Crippen molar-refractivity contribution in [2.75, 3.05) is 12.8 Å². The Morgan fingerprint density at radius 3 is 3.04 bits per heavy atom. The van der Waals surface area contributed by atoms with Crippen molar-refractivity contribution in [3.8, 4) is 5.75 Å². The number of amides is 1. The van der Waals surface area contributed by atoms with E-state index in [2.05, 4.69) is 25.9 Å². The molecule has 2 heterocycles. The molecule has 0 atom stereocenters. The minimum atomic E-state index is 0.0867. The number of carbonyl (C=O) groups excluding carboxylic acids is 1. The summed E-state index contributed by atoms with van der Waals surface area (Å²) >= 11 is 3.45. The summed E-state index contributed by atoms with van der Waals surface area (Å²) in [5, 5.41) is 0. The number of methoxy groups -OCH3 is 1. The van der Waals surface area contributed by atoms with Crippen molar-refractivity contribution in [2.24, 2.45) is 0 Å². The van der Waals surface area contributed by atoms with E-state index in [1.165, 1.54) is 0 Å². The molecule has 7 heteroatoms. The molecule has 1 amide bonds. The van der Waals surface area contributed by atoms with Crippen molar-refractivity contribution in [2.45, 2.75) is 25.9 Å². The van der Waals surface area contributed by atoms with Crippen LogP contribution in [0.2, 0.25) is 0 Å². The van der Waals surface area contributed by atoms with E-state index in [0.29, 0.717) is 25.9 Å². The smallest absolute Gasteiger partial charge is 0.223 e. The Morgan fingerprint density at radius 2 is 2.26 bits per heavy atom. The minimum Gasteiger partial charge on any atom is -0.496 e. The molecule has 1 aliphatic heterocycles. The number of fused-ring (bicyclic) bond motifs is 1. The van der Waals surface area contributed by atoms with Crippen molar-refractivity contribution in [3.63, 3.8) is 0 Å². The van der Waals surface area contributed by atoms with Crippen LogP contribution >= 0.6 is 15.9 Å². The molecule has 0 saturated carbocycles. The number of rotatable bonds is 4. The van der Waals surface area contributed by atoms with E-state index < -0.39 is 0 Å². The van der Waals surface area contributed by atoms with E-state index in [1.54, 1.807) is 18.2 Å². The lowest BCUT2D eigenvalue weighted by Gasteiger charge is -2.15. The first-order chi connectivity index (χ1) is 11.1. The molecule has 1 aromatic carbocycles. The Hall–Kier alpha value is -2.15. The number of nitrogens with two attached hydrogens (primary N) is 1. The monoisotopic (exact) mass is 376 g/mol. The highest BCUT2D eigenvalue weighted by molar-refractivity contribution is 9.10. The second kappa shape index (κ2) is 6.54. The molecule has 1 aliphatic rings. The quantitative estimate of drug-likeness (QED) is 0.885. The van der Waals surface area contributed by atoms with E-state index in [-0.39, 0.29) is 11.9 Å². The van der Waals surface area contributed by atoms with Crippen LogP contribution in [0.5, 0.6) is 5.75 Å². The Bertz CT molecular complexity index is 751. The Labute approximate surface area is 142 Å². The zero-order valence-electron chi connectivity index (χ0n) is 12.8. The molecule has 23 heavy (non-hydrogen) atoms. The Balaban J connectivity index is 1.64. The van der Waals surface area contributed by atoms with Gasteiger partial charge in [0.1, 0.15) is 5.75 Å². The summed E-state index contributed by atoms with van der Waals surface area (Å²) in [6, 6.07) is 5.80. The van der Waals surface area contributed by atoms with Gasteiger partial charge in [-0.05, 0) is 30.2 Å². The van der Waals surface area contributed by atoms with Crippen LogP contribution < -0.4 is 10.5 Å². The summed E-state index contributed by atoms with van der Waals surface area (Å²) in [7, 11) is 1.63. The lowest BCUT2D eigenvalue weighted by molar-refractivity contribution is -0.131. The highest BCUT2D eigenvalue weighted by Crippen LogP contribution is 2.26. The number of carbonyl (C=O) groups is 1. The summed E-state index contributed by atoms with van der Waals surface area (Å²) < 4.78 is 6.32. The van der Waals surface area contributed by atoms with Gasteiger partial charge in [0.25, 0.3) is 0 Å². The minimum absolute atomic E-state index is 0.0867. The maximum Gasteiger partial charge on any atom is 0.223 e. The van der Waals surface area contributed by atoms with Crippen LogP contribution in [0.3, 0.4) is 0 Å². The average molecular weight is 377 g/mol. The first-order valence-corrected chi connectivity index (χ1v) is 8.06. The molecule has 0 radical (unpaired) electrons. The van der Waals surface area contributed by atoms with E-state index in [0.717, 1.165) is 27.0 Å². The number of anilines is 1. The standard InChI is InChI=1S/C16H17BrN4O2/c1-23-14-4-3-12(17)6-10(14)2-5-15(22)21-8-11-7-19-16(18)20-13(11)9-21/h3-4,6-7H,2,5,8-9H2,1H3,(H2,18,19,20). The van der Waals surface area contributed by atoms with Crippen molar-refractivity contribution < 1.29 is 9.53 Å². The summed E-state index contributed by atoms with van der Waals surface area (Å²) in [6.07, 6.45) is 2.74. The molecule has 120 valence electrons. The van der Waals surface area contributed by atoms with E-state index in [1.807, 2.05) is 18.2 Å². The van der Waals surface area contributed by atoms with Gasteiger partial charge in [0.05, 0.1) is 19.3 Å². The van der Waals surface area contributed by atoms with Gasteiger partial charge < -0.3 is 15.4 Å². The van der Waals surface area contributed by atoms with Gasteiger partial charge in [0.15, 0.2) is 0 Å². The molecule has 0 aliphatic carbocycles. The fourth-order valence-electron chi connectivity index (χ4n) is 2.69. The Kier molecular flexibility index (Phi) is 4.47. The van der Waals surface area contributed by atoms with Crippen molar-refractivity contribution in [3.05, 3.63) is 45.7 Å². The molecule has 0 saturated heterocycles. The number of benzene rings is 1. The van der Waals surface area contributed by atoms with Crippen molar-refractivity contribution in [1.29, 1.82) is 0 Å². The highest BCUT2D eigenvalue weighted by atomic mass is 79.9.